The van der Waals surface area contributed by atoms with Crippen molar-refractivity contribution >= 4 is 11.3 Å². The third kappa shape index (κ3) is 2.85. The van der Waals surface area contributed by atoms with Crippen molar-refractivity contribution in [1.29, 1.82) is 0 Å². The summed E-state index contributed by atoms with van der Waals surface area (Å²) in [6, 6.07) is 6.91. The molecule has 1 unspecified atom stereocenters. The predicted octanol–water partition coefficient (Wildman–Crippen LogP) is 3.89. The van der Waals surface area contributed by atoms with Crippen molar-refractivity contribution in [2.45, 2.75) is 32.2 Å². The fourth-order valence-electron chi connectivity index (χ4n) is 1.91. The van der Waals surface area contributed by atoms with Crippen molar-refractivity contribution in [2.24, 2.45) is 0 Å². The van der Waals surface area contributed by atoms with Crippen molar-refractivity contribution in [1.82, 2.24) is 10.3 Å². The van der Waals surface area contributed by atoms with E-state index in [4.69, 9.17) is 4.98 Å². The molecule has 2 rings (SSSR count). The van der Waals surface area contributed by atoms with Gasteiger partial charge < -0.3 is 5.32 Å². The lowest BCUT2D eigenvalue weighted by Gasteiger charge is -2.22. The first-order valence-corrected chi connectivity index (χ1v) is 7.22. The minimum absolute atomic E-state index is 0.204. The largest absolute Gasteiger partial charge is 0.312 e. The van der Waals surface area contributed by atoms with E-state index in [1.165, 1.54) is 12.1 Å². The lowest BCUT2D eigenvalue weighted by atomic mass is 9.85. The normalized spacial score (nSPS) is 13.5. The Morgan fingerprint density at radius 1 is 1.26 bits per heavy atom. The van der Waals surface area contributed by atoms with E-state index < -0.39 is 0 Å². The standard InChI is InChI=1S/C15H19FN2S/c1-10(17-4)13-9-19-14(18-13)15(2,3)11-5-7-12(16)8-6-11/h5-10,17H,1-4H3. The summed E-state index contributed by atoms with van der Waals surface area (Å²) in [4.78, 5) is 4.71. The van der Waals surface area contributed by atoms with Crippen LogP contribution in [0.2, 0.25) is 0 Å². The highest BCUT2D eigenvalue weighted by Gasteiger charge is 2.27. The summed E-state index contributed by atoms with van der Waals surface area (Å²) in [6.45, 7) is 6.32. The van der Waals surface area contributed by atoms with E-state index in [-0.39, 0.29) is 17.3 Å². The molecule has 1 atom stereocenters. The third-order valence-electron chi connectivity index (χ3n) is 3.50. The number of thiazole rings is 1. The SMILES string of the molecule is CNC(C)c1csc(C(C)(C)c2ccc(F)cc2)n1. The minimum Gasteiger partial charge on any atom is -0.312 e. The summed E-state index contributed by atoms with van der Waals surface area (Å²) in [5.41, 5.74) is 1.92. The molecule has 4 heteroatoms. The molecule has 0 aliphatic rings. The Kier molecular flexibility index (Phi) is 4.02. The Morgan fingerprint density at radius 3 is 2.47 bits per heavy atom. The molecule has 1 aromatic carbocycles. The number of benzene rings is 1. The molecule has 0 amide bonds. The Hall–Kier alpha value is -1.26. The lowest BCUT2D eigenvalue weighted by Crippen LogP contribution is -2.19. The Labute approximate surface area is 117 Å². The highest BCUT2D eigenvalue weighted by molar-refractivity contribution is 7.09. The van der Waals surface area contributed by atoms with E-state index in [0.29, 0.717) is 0 Å². The van der Waals surface area contributed by atoms with E-state index in [1.807, 2.05) is 19.2 Å². The van der Waals surface area contributed by atoms with Crippen LogP contribution in [0, 0.1) is 5.82 Å². The van der Waals surface area contributed by atoms with Crippen LogP contribution in [0.5, 0.6) is 0 Å². The summed E-state index contributed by atoms with van der Waals surface area (Å²) in [7, 11) is 1.93. The molecular formula is C15H19FN2S. The van der Waals surface area contributed by atoms with Crippen LogP contribution in [0.4, 0.5) is 4.39 Å². The van der Waals surface area contributed by atoms with Gasteiger partial charge in [0.05, 0.1) is 5.69 Å². The first-order valence-electron chi connectivity index (χ1n) is 6.34. The zero-order chi connectivity index (χ0) is 14.0. The van der Waals surface area contributed by atoms with Crippen molar-refractivity contribution in [2.75, 3.05) is 7.05 Å². The number of rotatable bonds is 4. The number of nitrogens with one attached hydrogen (secondary N) is 1. The number of nitrogens with zero attached hydrogens (tertiary/aromatic N) is 1. The van der Waals surface area contributed by atoms with Crippen LogP contribution in [0.25, 0.3) is 0 Å². The molecule has 0 saturated carbocycles. The van der Waals surface area contributed by atoms with E-state index >= 15 is 0 Å². The van der Waals surface area contributed by atoms with E-state index in [0.717, 1.165) is 16.3 Å². The highest BCUT2D eigenvalue weighted by atomic mass is 32.1. The van der Waals surface area contributed by atoms with Gasteiger partial charge in [-0.15, -0.1) is 11.3 Å². The van der Waals surface area contributed by atoms with Gasteiger partial charge in [-0.1, -0.05) is 12.1 Å². The van der Waals surface area contributed by atoms with Gasteiger partial charge in [-0.25, -0.2) is 9.37 Å². The van der Waals surface area contributed by atoms with Crippen molar-refractivity contribution in [3.05, 3.63) is 51.7 Å². The second kappa shape index (κ2) is 5.39. The van der Waals surface area contributed by atoms with Gasteiger partial charge in [-0.05, 0) is 45.5 Å². The highest BCUT2D eigenvalue weighted by Crippen LogP contribution is 2.34. The predicted molar refractivity (Wildman–Crippen MR) is 78.1 cm³/mol. The average molecular weight is 278 g/mol. The smallest absolute Gasteiger partial charge is 0.123 e. The second-order valence-electron chi connectivity index (χ2n) is 5.22. The molecule has 19 heavy (non-hydrogen) atoms. The maximum absolute atomic E-state index is 13.0. The summed E-state index contributed by atoms with van der Waals surface area (Å²) in [6.07, 6.45) is 0. The first kappa shape index (κ1) is 14.2. The van der Waals surface area contributed by atoms with Crippen LogP contribution >= 0.6 is 11.3 Å². The molecular weight excluding hydrogens is 259 g/mol. The van der Waals surface area contributed by atoms with Crippen molar-refractivity contribution < 1.29 is 4.39 Å². The summed E-state index contributed by atoms with van der Waals surface area (Å²) in [5.74, 6) is -0.205. The minimum atomic E-state index is -0.205. The molecule has 1 N–H and O–H groups in total. The van der Waals surface area contributed by atoms with Crippen LogP contribution in [0.3, 0.4) is 0 Å². The molecule has 2 aromatic rings. The molecule has 0 aliphatic heterocycles. The zero-order valence-corrected chi connectivity index (χ0v) is 12.5. The molecule has 1 heterocycles. The molecule has 102 valence electrons. The fraction of sp³-hybridized carbons (Fsp3) is 0.400. The first-order chi connectivity index (χ1) is 8.95. The second-order valence-corrected chi connectivity index (χ2v) is 6.08. The van der Waals surface area contributed by atoms with Crippen molar-refractivity contribution in [3.8, 4) is 0 Å². The molecule has 1 aromatic heterocycles. The Morgan fingerprint density at radius 2 is 1.89 bits per heavy atom. The van der Waals surface area contributed by atoms with Crippen LogP contribution in [-0.4, -0.2) is 12.0 Å². The van der Waals surface area contributed by atoms with Gasteiger partial charge in [0.15, 0.2) is 0 Å². The molecule has 0 fully saturated rings. The van der Waals surface area contributed by atoms with E-state index in [9.17, 15) is 4.39 Å². The van der Waals surface area contributed by atoms with Crippen LogP contribution in [0.15, 0.2) is 29.6 Å². The van der Waals surface area contributed by atoms with Crippen LogP contribution in [0.1, 0.15) is 43.1 Å². The van der Waals surface area contributed by atoms with Crippen molar-refractivity contribution in [3.63, 3.8) is 0 Å². The zero-order valence-electron chi connectivity index (χ0n) is 11.7. The Bertz CT molecular complexity index is 546. The maximum atomic E-state index is 13.0. The quantitative estimate of drug-likeness (QED) is 0.918. The maximum Gasteiger partial charge on any atom is 0.123 e. The van der Waals surface area contributed by atoms with E-state index in [1.54, 1.807) is 11.3 Å². The van der Waals surface area contributed by atoms with Gasteiger partial charge in [-0.2, -0.15) is 0 Å². The number of aromatic nitrogens is 1. The monoisotopic (exact) mass is 278 g/mol. The van der Waals surface area contributed by atoms with Crippen LogP contribution in [-0.2, 0) is 5.41 Å². The number of halogens is 1. The fourth-order valence-corrected chi connectivity index (χ4v) is 2.97. The van der Waals surface area contributed by atoms with E-state index in [2.05, 4.69) is 31.5 Å². The Balaban J connectivity index is 2.33. The van der Waals surface area contributed by atoms with Gasteiger partial charge in [0.1, 0.15) is 10.8 Å². The van der Waals surface area contributed by atoms with Crippen LogP contribution < -0.4 is 5.32 Å². The molecule has 0 aliphatic carbocycles. The van der Waals surface area contributed by atoms with Gasteiger partial charge in [0.25, 0.3) is 0 Å². The summed E-state index contributed by atoms with van der Waals surface area (Å²) in [5, 5.41) is 6.32. The summed E-state index contributed by atoms with van der Waals surface area (Å²) < 4.78 is 13.0. The molecule has 0 saturated heterocycles. The van der Waals surface area contributed by atoms with Gasteiger partial charge >= 0.3 is 0 Å². The lowest BCUT2D eigenvalue weighted by molar-refractivity contribution is 0.598. The molecule has 0 spiro atoms. The number of hydrogen-bond acceptors (Lipinski definition) is 3. The molecule has 0 radical (unpaired) electrons. The third-order valence-corrected chi connectivity index (χ3v) is 4.68. The van der Waals surface area contributed by atoms with Gasteiger partial charge in [0.2, 0.25) is 0 Å². The van der Waals surface area contributed by atoms with Gasteiger partial charge in [-0.3, -0.25) is 0 Å². The average Bonchev–Trinajstić information content (AvgIpc) is 2.88. The molecule has 2 nitrogen and oxygen atoms in total. The van der Waals surface area contributed by atoms with Gasteiger partial charge in [0, 0.05) is 16.8 Å². The topological polar surface area (TPSA) is 24.9 Å². The molecule has 0 bridgehead atoms. The number of hydrogen-bond donors (Lipinski definition) is 1. The summed E-state index contributed by atoms with van der Waals surface area (Å²) >= 11 is 1.65.